The van der Waals surface area contributed by atoms with Crippen molar-refractivity contribution in [2.75, 3.05) is 20.2 Å². The zero-order valence-corrected chi connectivity index (χ0v) is 9.11. The Kier molecular flexibility index (Phi) is 3.42. The minimum atomic E-state index is 0.517. The number of rotatable bonds is 3. The van der Waals surface area contributed by atoms with Crippen molar-refractivity contribution in [3.8, 4) is 0 Å². The van der Waals surface area contributed by atoms with Crippen LogP contribution in [0.4, 0.5) is 0 Å². The second-order valence-electron chi connectivity index (χ2n) is 4.58. The molecule has 1 atom stereocenters. The largest absolute Gasteiger partial charge is 0.381 e. The number of likely N-dealkylation sites (tertiary alicyclic amines) is 1. The van der Waals surface area contributed by atoms with Crippen molar-refractivity contribution in [2.24, 2.45) is 5.73 Å². The van der Waals surface area contributed by atoms with Gasteiger partial charge in [0.15, 0.2) is 0 Å². The lowest BCUT2D eigenvalue weighted by Gasteiger charge is -2.47. The third-order valence-electron chi connectivity index (χ3n) is 3.91. The summed E-state index contributed by atoms with van der Waals surface area (Å²) in [6.45, 7) is 2.11. The maximum atomic E-state index is 5.72. The summed E-state index contributed by atoms with van der Waals surface area (Å²) in [6, 6.07) is 1.47. The normalized spacial score (nSPS) is 39.4. The van der Waals surface area contributed by atoms with Gasteiger partial charge >= 0.3 is 0 Å². The van der Waals surface area contributed by atoms with Crippen LogP contribution in [-0.4, -0.2) is 43.3 Å². The standard InChI is InChI=1S/C11H22N2O/c1-14-11-4-2-9(3-5-11)13-7-6-10(13)8-12/h9-11H,2-8,12H2,1H3. The fraction of sp³-hybridized carbons (Fsp3) is 1.00. The average molecular weight is 198 g/mol. The molecule has 1 saturated heterocycles. The van der Waals surface area contributed by atoms with Crippen LogP contribution in [0.3, 0.4) is 0 Å². The molecule has 2 aliphatic rings. The Hall–Kier alpha value is -0.120. The molecule has 0 amide bonds. The highest BCUT2D eigenvalue weighted by Gasteiger charge is 2.34. The topological polar surface area (TPSA) is 38.5 Å². The predicted molar refractivity (Wildman–Crippen MR) is 57.2 cm³/mol. The first-order valence-corrected chi connectivity index (χ1v) is 5.83. The number of nitrogens with zero attached hydrogens (tertiary/aromatic N) is 1. The summed E-state index contributed by atoms with van der Waals surface area (Å²) < 4.78 is 5.38. The molecule has 2 rings (SSSR count). The molecule has 0 aromatic rings. The van der Waals surface area contributed by atoms with Gasteiger partial charge in [-0.05, 0) is 32.1 Å². The van der Waals surface area contributed by atoms with E-state index in [0.29, 0.717) is 12.1 Å². The Bertz CT molecular complexity index is 176. The van der Waals surface area contributed by atoms with Crippen molar-refractivity contribution >= 4 is 0 Å². The monoisotopic (exact) mass is 198 g/mol. The highest BCUT2D eigenvalue weighted by Crippen LogP contribution is 2.30. The van der Waals surface area contributed by atoms with Gasteiger partial charge in [-0.25, -0.2) is 0 Å². The van der Waals surface area contributed by atoms with E-state index in [1.807, 2.05) is 7.11 Å². The SMILES string of the molecule is COC1CCC(N2CCC2CN)CC1. The number of hydrogen-bond donors (Lipinski definition) is 1. The van der Waals surface area contributed by atoms with Gasteiger partial charge in [0.05, 0.1) is 6.10 Å². The zero-order valence-electron chi connectivity index (χ0n) is 9.11. The summed E-state index contributed by atoms with van der Waals surface area (Å²) in [7, 11) is 1.83. The lowest BCUT2D eigenvalue weighted by atomic mass is 9.88. The van der Waals surface area contributed by atoms with Crippen LogP contribution >= 0.6 is 0 Å². The molecule has 0 aromatic heterocycles. The van der Waals surface area contributed by atoms with Gasteiger partial charge in [-0.3, -0.25) is 4.90 Å². The summed E-state index contributed by atoms with van der Waals surface area (Å²) in [6.07, 6.45) is 6.89. The molecule has 14 heavy (non-hydrogen) atoms. The van der Waals surface area contributed by atoms with Gasteiger partial charge in [0, 0.05) is 32.3 Å². The van der Waals surface area contributed by atoms with Crippen LogP contribution in [0.2, 0.25) is 0 Å². The smallest absolute Gasteiger partial charge is 0.0572 e. The molecule has 0 radical (unpaired) electrons. The van der Waals surface area contributed by atoms with Crippen LogP contribution in [0.15, 0.2) is 0 Å². The van der Waals surface area contributed by atoms with Crippen LogP contribution in [-0.2, 0) is 4.74 Å². The number of hydrogen-bond acceptors (Lipinski definition) is 3. The molecule has 82 valence electrons. The lowest BCUT2D eigenvalue weighted by Crippen LogP contribution is -2.57. The Balaban J connectivity index is 1.77. The van der Waals surface area contributed by atoms with Crippen molar-refractivity contribution < 1.29 is 4.74 Å². The Labute approximate surface area is 86.6 Å². The van der Waals surface area contributed by atoms with Crippen LogP contribution in [0.5, 0.6) is 0 Å². The van der Waals surface area contributed by atoms with Crippen molar-refractivity contribution in [3.05, 3.63) is 0 Å². The van der Waals surface area contributed by atoms with Crippen LogP contribution < -0.4 is 5.73 Å². The molecule has 2 fully saturated rings. The van der Waals surface area contributed by atoms with E-state index in [4.69, 9.17) is 10.5 Å². The zero-order chi connectivity index (χ0) is 9.97. The summed E-state index contributed by atoms with van der Waals surface area (Å²) in [4.78, 5) is 2.60. The Morgan fingerprint density at radius 3 is 2.36 bits per heavy atom. The highest BCUT2D eigenvalue weighted by atomic mass is 16.5. The molecule has 3 heteroatoms. The molecule has 1 heterocycles. The third kappa shape index (κ3) is 1.95. The minimum absolute atomic E-state index is 0.517. The van der Waals surface area contributed by atoms with E-state index in [0.717, 1.165) is 12.6 Å². The van der Waals surface area contributed by atoms with E-state index >= 15 is 0 Å². The third-order valence-corrected chi connectivity index (χ3v) is 3.91. The summed E-state index contributed by atoms with van der Waals surface area (Å²) >= 11 is 0. The quantitative estimate of drug-likeness (QED) is 0.734. The van der Waals surface area contributed by atoms with Crippen LogP contribution in [0, 0.1) is 0 Å². The van der Waals surface area contributed by atoms with E-state index in [1.165, 1.54) is 38.6 Å². The minimum Gasteiger partial charge on any atom is -0.381 e. The molecule has 0 spiro atoms. The molecule has 0 aromatic carbocycles. The molecule has 3 nitrogen and oxygen atoms in total. The summed E-state index contributed by atoms with van der Waals surface area (Å²) in [5.74, 6) is 0. The Morgan fingerprint density at radius 2 is 1.93 bits per heavy atom. The first-order valence-electron chi connectivity index (χ1n) is 5.83. The number of ether oxygens (including phenoxy) is 1. The van der Waals surface area contributed by atoms with Crippen molar-refractivity contribution in [3.63, 3.8) is 0 Å². The van der Waals surface area contributed by atoms with Crippen molar-refractivity contribution in [1.29, 1.82) is 0 Å². The first-order chi connectivity index (χ1) is 6.85. The number of methoxy groups -OCH3 is 1. The Morgan fingerprint density at radius 1 is 1.21 bits per heavy atom. The van der Waals surface area contributed by atoms with Crippen LogP contribution in [0.25, 0.3) is 0 Å². The van der Waals surface area contributed by atoms with E-state index in [-0.39, 0.29) is 0 Å². The molecule has 2 N–H and O–H groups in total. The van der Waals surface area contributed by atoms with E-state index < -0.39 is 0 Å². The molecule has 1 unspecified atom stereocenters. The summed E-state index contributed by atoms with van der Waals surface area (Å²) in [5.41, 5.74) is 5.72. The molecule has 0 bridgehead atoms. The van der Waals surface area contributed by atoms with E-state index in [9.17, 15) is 0 Å². The molecule has 1 saturated carbocycles. The van der Waals surface area contributed by atoms with Gasteiger partial charge in [-0.2, -0.15) is 0 Å². The lowest BCUT2D eigenvalue weighted by molar-refractivity contribution is -0.00759. The van der Waals surface area contributed by atoms with Gasteiger partial charge in [-0.1, -0.05) is 0 Å². The average Bonchev–Trinajstić information content (AvgIpc) is 2.18. The summed E-state index contributed by atoms with van der Waals surface area (Å²) in [5, 5.41) is 0. The van der Waals surface area contributed by atoms with Gasteiger partial charge < -0.3 is 10.5 Å². The first kappa shape index (κ1) is 10.4. The second-order valence-corrected chi connectivity index (χ2v) is 4.58. The second kappa shape index (κ2) is 4.60. The van der Waals surface area contributed by atoms with Crippen molar-refractivity contribution in [2.45, 2.75) is 50.3 Å². The fourth-order valence-electron chi connectivity index (χ4n) is 2.81. The maximum absolute atomic E-state index is 5.72. The molecular formula is C11H22N2O. The van der Waals surface area contributed by atoms with Gasteiger partial charge in [-0.15, -0.1) is 0 Å². The maximum Gasteiger partial charge on any atom is 0.0572 e. The van der Waals surface area contributed by atoms with Gasteiger partial charge in [0.2, 0.25) is 0 Å². The number of nitrogens with two attached hydrogens (primary N) is 1. The van der Waals surface area contributed by atoms with E-state index in [2.05, 4.69) is 4.90 Å². The molecular weight excluding hydrogens is 176 g/mol. The highest BCUT2D eigenvalue weighted by molar-refractivity contribution is 4.91. The fourth-order valence-corrected chi connectivity index (χ4v) is 2.81. The molecule has 1 aliphatic carbocycles. The van der Waals surface area contributed by atoms with E-state index in [1.54, 1.807) is 0 Å². The molecule has 1 aliphatic heterocycles. The van der Waals surface area contributed by atoms with Gasteiger partial charge in [0.25, 0.3) is 0 Å². The van der Waals surface area contributed by atoms with Crippen LogP contribution in [0.1, 0.15) is 32.1 Å². The van der Waals surface area contributed by atoms with Crippen molar-refractivity contribution in [1.82, 2.24) is 4.90 Å². The predicted octanol–water partition coefficient (Wildman–Crippen LogP) is 0.977. The van der Waals surface area contributed by atoms with Gasteiger partial charge in [0.1, 0.15) is 0 Å².